The van der Waals surface area contributed by atoms with Gasteiger partial charge in [-0.05, 0) is 92.7 Å². The summed E-state index contributed by atoms with van der Waals surface area (Å²) >= 11 is 0. The van der Waals surface area contributed by atoms with E-state index in [0.717, 1.165) is 55.6 Å². The SMILES string of the molecule is CC1CCC(/C=C/CCC2CCC(c3ccc(OC(F)(F)F)c(F)c3)CC2)CC1. The Bertz CT molecular complexity index is 666. The fourth-order valence-electron chi connectivity index (χ4n) is 4.86. The van der Waals surface area contributed by atoms with Crippen molar-refractivity contribution in [3.8, 4) is 5.75 Å². The van der Waals surface area contributed by atoms with Crippen LogP contribution in [-0.4, -0.2) is 6.36 Å². The van der Waals surface area contributed by atoms with Gasteiger partial charge in [-0.25, -0.2) is 4.39 Å². The summed E-state index contributed by atoms with van der Waals surface area (Å²) in [6, 6.07) is 3.88. The summed E-state index contributed by atoms with van der Waals surface area (Å²) in [6.45, 7) is 2.34. The maximum atomic E-state index is 14.0. The number of hydrogen-bond acceptors (Lipinski definition) is 1. The number of halogens is 4. The molecule has 0 unspecified atom stereocenters. The second kappa shape index (κ2) is 9.99. The van der Waals surface area contributed by atoms with E-state index in [0.29, 0.717) is 5.92 Å². The van der Waals surface area contributed by atoms with Gasteiger partial charge < -0.3 is 4.74 Å². The van der Waals surface area contributed by atoms with E-state index in [2.05, 4.69) is 23.8 Å². The molecule has 5 heteroatoms. The van der Waals surface area contributed by atoms with Gasteiger partial charge in [-0.15, -0.1) is 13.2 Å². The molecule has 2 fully saturated rings. The molecular weight excluding hydrogens is 380 g/mol. The highest BCUT2D eigenvalue weighted by Crippen LogP contribution is 2.39. The van der Waals surface area contributed by atoms with E-state index in [1.165, 1.54) is 38.2 Å². The lowest BCUT2D eigenvalue weighted by atomic mass is 9.77. The monoisotopic (exact) mass is 412 g/mol. The van der Waals surface area contributed by atoms with Crippen molar-refractivity contribution in [2.24, 2.45) is 17.8 Å². The Kier molecular flexibility index (Phi) is 7.64. The summed E-state index contributed by atoms with van der Waals surface area (Å²) in [5.41, 5.74) is 0.780. The van der Waals surface area contributed by atoms with E-state index in [-0.39, 0.29) is 5.92 Å². The van der Waals surface area contributed by atoms with Gasteiger partial charge in [-0.3, -0.25) is 0 Å². The molecule has 0 heterocycles. The second-order valence-electron chi connectivity index (χ2n) is 8.98. The van der Waals surface area contributed by atoms with Crippen molar-refractivity contribution in [3.05, 3.63) is 41.7 Å². The first-order chi connectivity index (χ1) is 13.8. The predicted molar refractivity (Wildman–Crippen MR) is 107 cm³/mol. The Balaban J connectivity index is 1.40. The molecular formula is C24H32F4O. The van der Waals surface area contributed by atoms with Gasteiger partial charge in [0.05, 0.1) is 0 Å². The van der Waals surface area contributed by atoms with Crippen molar-refractivity contribution in [1.82, 2.24) is 0 Å². The maximum absolute atomic E-state index is 14.0. The number of alkyl halides is 3. The minimum Gasteiger partial charge on any atom is -0.403 e. The van der Waals surface area contributed by atoms with Crippen molar-refractivity contribution >= 4 is 0 Å². The molecule has 0 aromatic heterocycles. The van der Waals surface area contributed by atoms with Gasteiger partial charge in [-0.1, -0.05) is 38.0 Å². The van der Waals surface area contributed by atoms with Crippen molar-refractivity contribution in [3.63, 3.8) is 0 Å². The predicted octanol–water partition coefficient (Wildman–Crippen LogP) is 8.16. The number of benzene rings is 1. The van der Waals surface area contributed by atoms with Crippen molar-refractivity contribution in [1.29, 1.82) is 0 Å². The quantitative estimate of drug-likeness (QED) is 0.338. The zero-order valence-corrected chi connectivity index (χ0v) is 17.2. The number of allylic oxidation sites excluding steroid dienone is 2. The normalized spacial score (nSPS) is 28.6. The van der Waals surface area contributed by atoms with Gasteiger partial charge in [0.1, 0.15) is 0 Å². The van der Waals surface area contributed by atoms with Gasteiger partial charge in [-0.2, -0.15) is 0 Å². The fraction of sp³-hybridized carbons (Fsp3) is 0.667. The molecule has 1 aromatic carbocycles. The number of ether oxygens (including phenoxy) is 1. The van der Waals surface area contributed by atoms with E-state index >= 15 is 0 Å². The minimum absolute atomic E-state index is 0.223. The number of hydrogen-bond donors (Lipinski definition) is 0. The molecule has 1 nitrogen and oxygen atoms in total. The van der Waals surface area contributed by atoms with Crippen LogP contribution >= 0.6 is 0 Å². The summed E-state index contributed by atoms with van der Waals surface area (Å²) in [6.07, 6.45) is 11.7. The molecule has 0 amide bonds. The summed E-state index contributed by atoms with van der Waals surface area (Å²) in [5.74, 6) is 0.872. The Morgan fingerprint density at radius 2 is 1.69 bits per heavy atom. The first-order valence-corrected chi connectivity index (χ1v) is 11.0. The molecule has 1 aromatic rings. The summed E-state index contributed by atoms with van der Waals surface area (Å²) in [4.78, 5) is 0. The molecule has 0 radical (unpaired) electrons. The molecule has 3 rings (SSSR count). The first-order valence-electron chi connectivity index (χ1n) is 11.0. The first kappa shape index (κ1) is 22.2. The van der Waals surface area contributed by atoms with E-state index in [9.17, 15) is 17.6 Å². The smallest absolute Gasteiger partial charge is 0.403 e. The van der Waals surface area contributed by atoms with Crippen LogP contribution < -0.4 is 4.74 Å². The molecule has 0 saturated heterocycles. The van der Waals surface area contributed by atoms with Gasteiger partial charge in [0, 0.05) is 0 Å². The van der Waals surface area contributed by atoms with E-state index in [1.807, 2.05) is 0 Å². The van der Waals surface area contributed by atoms with Crippen LogP contribution in [0.1, 0.15) is 82.6 Å². The van der Waals surface area contributed by atoms with Crippen LogP contribution in [0.25, 0.3) is 0 Å². The van der Waals surface area contributed by atoms with Crippen LogP contribution in [0.2, 0.25) is 0 Å². The molecule has 2 saturated carbocycles. The molecule has 0 aliphatic heterocycles. The van der Waals surface area contributed by atoms with Crippen LogP contribution in [-0.2, 0) is 0 Å². The molecule has 0 spiro atoms. The zero-order valence-electron chi connectivity index (χ0n) is 17.2. The van der Waals surface area contributed by atoms with Crippen molar-refractivity contribution < 1.29 is 22.3 Å². The Morgan fingerprint density at radius 3 is 2.31 bits per heavy atom. The lowest BCUT2D eigenvalue weighted by Gasteiger charge is -2.29. The summed E-state index contributed by atoms with van der Waals surface area (Å²) in [7, 11) is 0. The fourth-order valence-corrected chi connectivity index (χ4v) is 4.86. The Hall–Kier alpha value is -1.52. The zero-order chi connectivity index (χ0) is 20.9. The Labute approximate surface area is 171 Å². The van der Waals surface area contributed by atoms with Crippen LogP contribution in [0.15, 0.2) is 30.4 Å². The van der Waals surface area contributed by atoms with Crippen LogP contribution in [0.3, 0.4) is 0 Å². The molecule has 2 aliphatic carbocycles. The topological polar surface area (TPSA) is 9.23 Å². The molecule has 2 aliphatic rings. The van der Waals surface area contributed by atoms with Gasteiger partial charge >= 0.3 is 6.36 Å². The standard InChI is InChI=1S/C24H32F4O/c1-17-6-8-18(9-7-17)4-2-3-5-19-10-12-20(13-11-19)21-14-15-23(22(25)16-21)29-24(26,27)28/h2,4,14-20H,3,5-13H2,1H3/b4-2+. The second-order valence-corrected chi connectivity index (χ2v) is 8.98. The molecule has 29 heavy (non-hydrogen) atoms. The minimum atomic E-state index is -4.87. The highest BCUT2D eigenvalue weighted by atomic mass is 19.4. The highest BCUT2D eigenvalue weighted by molar-refractivity contribution is 5.31. The molecule has 162 valence electrons. The van der Waals surface area contributed by atoms with Crippen LogP contribution in [0.4, 0.5) is 17.6 Å². The number of rotatable bonds is 6. The third-order valence-electron chi connectivity index (χ3n) is 6.71. The molecule has 0 N–H and O–H groups in total. The van der Waals surface area contributed by atoms with Gasteiger partial charge in [0.15, 0.2) is 11.6 Å². The van der Waals surface area contributed by atoms with Crippen molar-refractivity contribution in [2.75, 3.05) is 0 Å². The third-order valence-corrected chi connectivity index (χ3v) is 6.71. The average molecular weight is 413 g/mol. The lowest BCUT2D eigenvalue weighted by Crippen LogP contribution is -2.18. The highest BCUT2D eigenvalue weighted by Gasteiger charge is 2.32. The molecule has 0 bridgehead atoms. The van der Waals surface area contributed by atoms with E-state index < -0.39 is 17.9 Å². The molecule has 0 atom stereocenters. The third kappa shape index (κ3) is 7.04. The Morgan fingerprint density at radius 1 is 1.00 bits per heavy atom. The average Bonchev–Trinajstić information content (AvgIpc) is 2.68. The van der Waals surface area contributed by atoms with E-state index in [4.69, 9.17) is 0 Å². The summed E-state index contributed by atoms with van der Waals surface area (Å²) < 4.78 is 54.5. The largest absolute Gasteiger partial charge is 0.573 e. The lowest BCUT2D eigenvalue weighted by molar-refractivity contribution is -0.275. The van der Waals surface area contributed by atoms with E-state index in [1.54, 1.807) is 6.07 Å². The van der Waals surface area contributed by atoms with Crippen LogP contribution in [0.5, 0.6) is 5.75 Å². The van der Waals surface area contributed by atoms with Crippen molar-refractivity contribution in [2.45, 2.75) is 83.4 Å². The van der Waals surface area contributed by atoms with Gasteiger partial charge in [0.2, 0.25) is 0 Å². The van der Waals surface area contributed by atoms with Gasteiger partial charge in [0.25, 0.3) is 0 Å². The maximum Gasteiger partial charge on any atom is 0.573 e. The van der Waals surface area contributed by atoms with Crippen LogP contribution in [0, 0.1) is 23.6 Å². The summed E-state index contributed by atoms with van der Waals surface area (Å²) in [5, 5.41) is 0.